The first-order chi connectivity index (χ1) is 11.8. The van der Waals surface area contributed by atoms with E-state index in [1.54, 1.807) is 12.1 Å². The third-order valence-corrected chi connectivity index (χ3v) is 6.86. The second-order valence-corrected chi connectivity index (χ2v) is 9.04. The summed E-state index contributed by atoms with van der Waals surface area (Å²) >= 11 is 0. The van der Waals surface area contributed by atoms with Crippen molar-refractivity contribution in [3.05, 3.63) is 28.7 Å². The Kier molecular flexibility index (Phi) is 4.01. The van der Waals surface area contributed by atoms with Gasteiger partial charge in [0.1, 0.15) is 0 Å². The lowest BCUT2D eigenvalue weighted by atomic mass is 9.85. The Morgan fingerprint density at radius 1 is 1.24 bits per heavy atom. The average molecular weight is 365 g/mol. The van der Waals surface area contributed by atoms with Gasteiger partial charge in [-0.25, -0.2) is 17.9 Å². The molecule has 0 unspecified atom stereocenters. The Morgan fingerprint density at radius 3 is 2.56 bits per heavy atom. The molecule has 0 amide bonds. The molecule has 8 heteroatoms. The fourth-order valence-electron chi connectivity index (χ4n) is 4.04. The van der Waals surface area contributed by atoms with Crippen molar-refractivity contribution in [2.45, 2.75) is 43.7 Å². The number of nitrogens with one attached hydrogen (secondary N) is 1. The maximum atomic E-state index is 12.8. The van der Waals surface area contributed by atoms with E-state index in [9.17, 15) is 13.2 Å². The molecule has 3 aliphatic rings. The van der Waals surface area contributed by atoms with Crippen molar-refractivity contribution in [1.29, 1.82) is 0 Å². The number of piperidine rings is 3. The molecule has 3 aliphatic heterocycles. The van der Waals surface area contributed by atoms with Gasteiger partial charge in [0.05, 0.1) is 10.4 Å². The van der Waals surface area contributed by atoms with Crippen molar-refractivity contribution in [3.63, 3.8) is 0 Å². The third-order valence-electron chi connectivity index (χ3n) is 5.37. The highest BCUT2D eigenvalue weighted by molar-refractivity contribution is 7.89. The summed E-state index contributed by atoms with van der Waals surface area (Å²) in [4.78, 5) is 14.4. The van der Waals surface area contributed by atoms with Crippen LogP contribution in [0.3, 0.4) is 0 Å². The highest BCUT2D eigenvalue weighted by Gasteiger charge is 2.36. The summed E-state index contributed by atoms with van der Waals surface area (Å²) in [5.41, 5.74) is 0.914. The lowest BCUT2D eigenvalue weighted by Gasteiger charge is -2.44. The van der Waals surface area contributed by atoms with Gasteiger partial charge >= 0.3 is 5.76 Å². The number of hydrogen-bond acceptors (Lipinski definition) is 5. The summed E-state index contributed by atoms with van der Waals surface area (Å²) in [7, 11) is -3.65. The summed E-state index contributed by atoms with van der Waals surface area (Å²) in [5, 5.41) is 0. The van der Waals surface area contributed by atoms with Crippen LogP contribution in [0.2, 0.25) is 0 Å². The SMILES string of the molecule is CC(C)n1c(=O)oc2cc(S(=O)(=O)N[C@@H]3CN4CCC3CC4)ccc21. The molecule has 4 heterocycles. The van der Waals surface area contributed by atoms with E-state index < -0.39 is 15.8 Å². The van der Waals surface area contributed by atoms with Crippen LogP contribution in [0.15, 0.2) is 32.3 Å². The summed E-state index contributed by atoms with van der Waals surface area (Å²) in [6.07, 6.45) is 2.08. The number of hydrogen-bond donors (Lipinski definition) is 1. The molecule has 2 aromatic rings. The summed E-state index contributed by atoms with van der Waals surface area (Å²) in [6, 6.07) is 4.53. The van der Waals surface area contributed by atoms with Crippen molar-refractivity contribution < 1.29 is 12.8 Å². The van der Waals surface area contributed by atoms with Crippen LogP contribution in [0.1, 0.15) is 32.7 Å². The molecule has 5 rings (SSSR count). The van der Waals surface area contributed by atoms with Gasteiger partial charge in [-0.05, 0) is 57.8 Å². The molecule has 1 aromatic carbocycles. The molecule has 0 spiro atoms. The number of aromatic nitrogens is 1. The lowest BCUT2D eigenvalue weighted by molar-refractivity contribution is 0.0827. The maximum Gasteiger partial charge on any atom is 0.420 e. The number of rotatable bonds is 4. The molecule has 1 aromatic heterocycles. The summed E-state index contributed by atoms with van der Waals surface area (Å²) in [5.74, 6) is -0.0617. The Hall–Kier alpha value is -1.64. The van der Waals surface area contributed by atoms with E-state index in [1.165, 1.54) is 10.6 Å². The van der Waals surface area contributed by atoms with Crippen LogP contribution in [0.25, 0.3) is 11.1 Å². The predicted molar refractivity (Wildman–Crippen MR) is 94.1 cm³/mol. The zero-order valence-corrected chi connectivity index (χ0v) is 15.3. The second-order valence-electron chi connectivity index (χ2n) is 7.33. The highest BCUT2D eigenvalue weighted by atomic mass is 32.2. The smallest absolute Gasteiger partial charge is 0.408 e. The fourth-order valence-corrected chi connectivity index (χ4v) is 5.35. The van der Waals surface area contributed by atoms with Gasteiger partial charge in [0.2, 0.25) is 10.0 Å². The molecule has 0 radical (unpaired) electrons. The molecule has 1 N–H and O–H groups in total. The van der Waals surface area contributed by atoms with Crippen LogP contribution in [-0.4, -0.2) is 43.6 Å². The third kappa shape index (κ3) is 2.92. The minimum Gasteiger partial charge on any atom is -0.408 e. The van der Waals surface area contributed by atoms with Crippen LogP contribution in [-0.2, 0) is 10.0 Å². The molecular weight excluding hydrogens is 342 g/mol. The van der Waals surface area contributed by atoms with Gasteiger partial charge in [0, 0.05) is 24.7 Å². The van der Waals surface area contributed by atoms with Crippen LogP contribution in [0.4, 0.5) is 0 Å². The van der Waals surface area contributed by atoms with Crippen molar-refractivity contribution >= 4 is 21.1 Å². The number of nitrogens with zero attached hydrogens (tertiary/aromatic N) is 2. The molecule has 25 heavy (non-hydrogen) atoms. The zero-order chi connectivity index (χ0) is 17.8. The Balaban J connectivity index is 1.65. The normalized spacial score (nSPS) is 26.6. The van der Waals surface area contributed by atoms with Crippen LogP contribution < -0.4 is 10.5 Å². The predicted octanol–water partition coefficient (Wildman–Crippen LogP) is 1.55. The zero-order valence-electron chi connectivity index (χ0n) is 14.4. The molecule has 7 nitrogen and oxygen atoms in total. The van der Waals surface area contributed by atoms with Crippen molar-refractivity contribution in [3.8, 4) is 0 Å². The maximum absolute atomic E-state index is 12.8. The topological polar surface area (TPSA) is 84.5 Å². The van der Waals surface area contributed by atoms with Gasteiger partial charge in [-0.15, -0.1) is 0 Å². The van der Waals surface area contributed by atoms with Crippen molar-refractivity contribution in [2.75, 3.05) is 19.6 Å². The van der Waals surface area contributed by atoms with Gasteiger partial charge in [-0.2, -0.15) is 0 Å². The van der Waals surface area contributed by atoms with Crippen molar-refractivity contribution in [2.24, 2.45) is 5.92 Å². The first-order valence-corrected chi connectivity index (χ1v) is 10.2. The van der Waals surface area contributed by atoms with E-state index in [0.29, 0.717) is 17.0 Å². The largest absolute Gasteiger partial charge is 0.420 e. The minimum absolute atomic E-state index is 0.0459. The monoisotopic (exact) mass is 365 g/mol. The highest BCUT2D eigenvalue weighted by Crippen LogP contribution is 2.29. The summed E-state index contributed by atoms with van der Waals surface area (Å²) in [6.45, 7) is 6.66. The Bertz CT molecular complexity index is 952. The van der Waals surface area contributed by atoms with Gasteiger partial charge in [-0.1, -0.05) is 0 Å². The molecule has 2 bridgehead atoms. The van der Waals surface area contributed by atoms with Gasteiger partial charge in [0.15, 0.2) is 5.58 Å². The Labute approximate surface area is 146 Å². The lowest BCUT2D eigenvalue weighted by Crippen LogP contribution is -2.57. The molecule has 3 fully saturated rings. The molecular formula is C17H23N3O4S. The van der Waals surface area contributed by atoms with Crippen molar-refractivity contribution in [1.82, 2.24) is 14.2 Å². The van der Waals surface area contributed by atoms with E-state index >= 15 is 0 Å². The van der Waals surface area contributed by atoms with E-state index in [-0.39, 0.29) is 17.0 Å². The number of fused-ring (bicyclic) bond motifs is 4. The fraction of sp³-hybridized carbons (Fsp3) is 0.588. The number of oxazole rings is 1. The van der Waals surface area contributed by atoms with E-state index in [1.807, 2.05) is 13.8 Å². The van der Waals surface area contributed by atoms with E-state index in [4.69, 9.17) is 4.42 Å². The van der Waals surface area contributed by atoms with Gasteiger partial charge in [0.25, 0.3) is 0 Å². The molecule has 136 valence electrons. The van der Waals surface area contributed by atoms with Gasteiger partial charge < -0.3 is 9.32 Å². The van der Waals surface area contributed by atoms with Crippen LogP contribution in [0.5, 0.6) is 0 Å². The number of sulfonamides is 1. The van der Waals surface area contributed by atoms with Crippen LogP contribution in [0, 0.1) is 5.92 Å². The quantitative estimate of drug-likeness (QED) is 0.889. The first-order valence-electron chi connectivity index (χ1n) is 8.75. The minimum atomic E-state index is -3.65. The molecule has 0 aliphatic carbocycles. The average Bonchev–Trinajstić information content (AvgIpc) is 2.90. The molecule has 1 atom stereocenters. The second kappa shape index (κ2) is 5.96. The Morgan fingerprint density at radius 2 is 1.96 bits per heavy atom. The number of benzene rings is 1. The molecule has 3 saturated heterocycles. The standard InChI is InChI=1S/C17H23N3O4S/c1-11(2)20-15-4-3-13(9-16(15)24-17(20)21)25(22,23)18-14-10-19-7-5-12(14)6-8-19/h3-4,9,11-12,14,18H,5-8,10H2,1-2H3/t14-/m1/s1. The summed E-state index contributed by atoms with van der Waals surface area (Å²) < 4.78 is 35.2. The van der Waals surface area contributed by atoms with Crippen LogP contribution >= 0.6 is 0 Å². The first kappa shape index (κ1) is 16.8. The molecule has 0 saturated carbocycles. The van der Waals surface area contributed by atoms with E-state index in [0.717, 1.165) is 32.5 Å². The van der Waals surface area contributed by atoms with E-state index in [2.05, 4.69) is 9.62 Å². The van der Waals surface area contributed by atoms with Gasteiger partial charge in [-0.3, -0.25) is 4.57 Å².